The van der Waals surface area contributed by atoms with Crippen LogP contribution in [0.25, 0.3) is 0 Å². The van der Waals surface area contributed by atoms with Crippen molar-refractivity contribution in [1.29, 1.82) is 0 Å². The third kappa shape index (κ3) is 2.23. The highest BCUT2D eigenvalue weighted by atomic mass is 32.2. The summed E-state index contributed by atoms with van der Waals surface area (Å²) in [6.07, 6.45) is 1.62. The highest BCUT2D eigenvalue weighted by molar-refractivity contribution is 7.90. The Morgan fingerprint density at radius 1 is 1.04 bits per heavy atom. The minimum Gasteiger partial charge on any atom is -0.285 e. The van der Waals surface area contributed by atoms with E-state index in [1.54, 1.807) is 12.1 Å². The zero-order valence-electron chi connectivity index (χ0n) is 13.7. The number of rotatable bonds is 2. The van der Waals surface area contributed by atoms with Crippen LogP contribution in [0.1, 0.15) is 29.6 Å². The molecule has 2 fully saturated rings. The van der Waals surface area contributed by atoms with E-state index in [-0.39, 0.29) is 46.6 Å². The normalized spacial score (nSPS) is 30.6. The summed E-state index contributed by atoms with van der Waals surface area (Å²) in [6, 6.07) is 6.18. The Balaban J connectivity index is 1.56. The quantitative estimate of drug-likeness (QED) is 0.728. The Hall–Kier alpha value is -2.22. The Morgan fingerprint density at radius 2 is 1.72 bits per heavy atom. The van der Waals surface area contributed by atoms with Crippen LogP contribution < -0.4 is 0 Å². The molecule has 2 aliphatic heterocycles. The van der Waals surface area contributed by atoms with Crippen LogP contribution in [0.5, 0.6) is 0 Å². The van der Waals surface area contributed by atoms with Gasteiger partial charge in [-0.1, -0.05) is 12.1 Å². The van der Waals surface area contributed by atoms with Gasteiger partial charge in [-0.2, -0.15) is 0 Å². The molecule has 1 aliphatic carbocycles. The topological polar surface area (TPSA) is 91.8 Å². The van der Waals surface area contributed by atoms with Crippen LogP contribution in [-0.4, -0.2) is 48.9 Å². The van der Waals surface area contributed by atoms with Gasteiger partial charge < -0.3 is 0 Å². The van der Waals surface area contributed by atoms with Crippen LogP contribution in [0.15, 0.2) is 29.2 Å². The van der Waals surface area contributed by atoms with E-state index in [1.807, 2.05) is 0 Å². The number of fused-ring (bicyclic) bond motifs is 2. The molecule has 132 valence electrons. The highest BCUT2D eigenvalue weighted by Crippen LogP contribution is 2.41. The number of carbonyl (C=O) groups is 3. The number of carbonyl (C=O) groups excluding carboxylic acids is 3. The van der Waals surface area contributed by atoms with Crippen molar-refractivity contribution in [2.45, 2.75) is 24.2 Å². The molecule has 3 aliphatic rings. The average molecular weight is 362 g/mol. The van der Waals surface area contributed by atoms with E-state index < -0.39 is 15.9 Å². The summed E-state index contributed by atoms with van der Waals surface area (Å²) >= 11 is 0. The van der Waals surface area contributed by atoms with Crippen molar-refractivity contribution in [3.05, 3.63) is 29.8 Å². The zero-order chi connectivity index (χ0) is 17.9. The Bertz CT molecular complexity index is 894. The molecule has 3 atom stereocenters. The lowest BCUT2D eigenvalue weighted by atomic mass is 9.75. The number of sulfonamides is 1. The van der Waals surface area contributed by atoms with Gasteiger partial charge in [0, 0.05) is 13.6 Å². The first-order chi connectivity index (χ1) is 11.8. The molecule has 1 aromatic rings. The van der Waals surface area contributed by atoms with Crippen molar-refractivity contribution < 1.29 is 22.8 Å². The molecule has 1 aromatic carbocycles. The molecule has 25 heavy (non-hydrogen) atoms. The molecule has 0 radical (unpaired) electrons. The predicted molar refractivity (Wildman–Crippen MR) is 86.8 cm³/mol. The molecular formula is C17H18N2O5S. The van der Waals surface area contributed by atoms with Crippen molar-refractivity contribution in [3.63, 3.8) is 0 Å². The molecule has 1 saturated heterocycles. The summed E-state index contributed by atoms with van der Waals surface area (Å²) in [6.45, 7) is 0.0598. The summed E-state index contributed by atoms with van der Waals surface area (Å²) in [7, 11) is -2.34. The third-order valence-electron chi connectivity index (χ3n) is 5.59. The van der Waals surface area contributed by atoms with E-state index in [2.05, 4.69) is 0 Å². The largest absolute Gasteiger partial charge is 0.285 e. The van der Waals surface area contributed by atoms with Gasteiger partial charge in [0.05, 0.1) is 17.4 Å². The van der Waals surface area contributed by atoms with Gasteiger partial charge in [0.15, 0.2) is 0 Å². The van der Waals surface area contributed by atoms with E-state index in [0.29, 0.717) is 19.3 Å². The minimum atomic E-state index is -3.83. The number of hydrogen-bond acceptors (Lipinski definition) is 5. The highest BCUT2D eigenvalue weighted by Gasteiger charge is 2.50. The molecule has 3 amide bonds. The summed E-state index contributed by atoms with van der Waals surface area (Å²) in [5, 5.41) is 0. The molecule has 4 rings (SSSR count). The zero-order valence-corrected chi connectivity index (χ0v) is 14.5. The van der Waals surface area contributed by atoms with Crippen LogP contribution in [-0.2, 0) is 19.6 Å². The molecule has 0 N–H and O–H groups in total. The van der Waals surface area contributed by atoms with Crippen molar-refractivity contribution in [2.75, 3.05) is 13.6 Å². The maximum absolute atomic E-state index is 12.6. The molecule has 0 bridgehead atoms. The van der Waals surface area contributed by atoms with Crippen molar-refractivity contribution in [3.8, 4) is 0 Å². The fourth-order valence-electron chi connectivity index (χ4n) is 4.24. The molecule has 1 saturated carbocycles. The average Bonchev–Trinajstić information content (AvgIpc) is 2.94. The first kappa shape index (κ1) is 16.3. The fourth-order valence-corrected chi connectivity index (χ4v) is 5.89. The first-order valence-electron chi connectivity index (χ1n) is 8.30. The van der Waals surface area contributed by atoms with Gasteiger partial charge in [-0.05, 0) is 37.3 Å². The summed E-state index contributed by atoms with van der Waals surface area (Å²) in [4.78, 5) is 38.0. The molecule has 3 unspecified atom stereocenters. The van der Waals surface area contributed by atoms with Gasteiger partial charge in [-0.3, -0.25) is 19.3 Å². The van der Waals surface area contributed by atoms with Crippen LogP contribution in [0, 0.1) is 17.8 Å². The first-order valence-corrected chi connectivity index (χ1v) is 9.74. The molecule has 0 spiro atoms. The molecule has 7 nitrogen and oxygen atoms in total. The number of benzene rings is 1. The minimum absolute atomic E-state index is 0.0422. The number of imide groups is 1. The van der Waals surface area contributed by atoms with Gasteiger partial charge in [0.1, 0.15) is 4.90 Å². The van der Waals surface area contributed by atoms with E-state index >= 15 is 0 Å². The number of amides is 3. The van der Waals surface area contributed by atoms with Crippen LogP contribution in [0.4, 0.5) is 0 Å². The van der Waals surface area contributed by atoms with Gasteiger partial charge in [-0.25, -0.2) is 12.7 Å². The van der Waals surface area contributed by atoms with E-state index in [0.717, 1.165) is 4.31 Å². The van der Waals surface area contributed by atoms with Crippen molar-refractivity contribution in [2.24, 2.45) is 17.8 Å². The monoisotopic (exact) mass is 362 g/mol. The maximum atomic E-state index is 12.6. The van der Waals surface area contributed by atoms with E-state index in [4.69, 9.17) is 0 Å². The van der Waals surface area contributed by atoms with Crippen LogP contribution in [0.3, 0.4) is 0 Å². The van der Waals surface area contributed by atoms with Crippen LogP contribution >= 0.6 is 0 Å². The number of nitrogens with zero attached hydrogens (tertiary/aromatic N) is 2. The van der Waals surface area contributed by atoms with Crippen molar-refractivity contribution in [1.82, 2.24) is 9.21 Å². The molecule has 0 aromatic heterocycles. The summed E-state index contributed by atoms with van der Waals surface area (Å²) in [5.41, 5.74) is 0.197. The van der Waals surface area contributed by atoms with Crippen molar-refractivity contribution >= 4 is 27.7 Å². The van der Waals surface area contributed by atoms with E-state index in [9.17, 15) is 22.8 Å². The van der Waals surface area contributed by atoms with Gasteiger partial charge >= 0.3 is 0 Å². The second kappa shape index (κ2) is 5.39. The van der Waals surface area contributed by atoms with Gasteiger partial charge in [0.2, 0.25) is 11.8 Å². The molecule has 2 heterocycles. The summed E-state index contributed by atoms with van der Waals surface area (Å²) in [5.74, 6) is -1.65. The van der Waals surface area contributed by atoms with E-state index in [1.165, 1.54) is 24.1 Å². The second-order valence-electron chi connectivity index (χ2n) is 6.97. The predicted octanol–water partition coefficient (Wildman–Crippen LogP) is 0.862. The maximum Gasteiger partial charge on any atom is 0.269 e. The Kier molecular flexibility index (Phi) is 3.50. The van der Waals surface area contributed by atoms with Gasteiger partial charge in [0.25, 0.3) is 15.9 Å². The molecular weight excluding hydrogens is 344 g/mol. The summed E-state index contributed by atoms with van der Waals surface area (Å²) < 4.78 is 26.2. The number of hydrogen-bond donors (Lipinski definition) is 0. The Labute approximate surface area is 145 Å². The fraction of sp³-hybridized carbons (Fsp3) is 0.471. The standard InChI is InChI=1S/C17H18N2O5S/c1-18-15(20)11-7-6-10(8-13(11)16(18)21)9-19-17(22)12-4-2-3-5-14(12)25(19,23)24/h2-5,10-11,13H,6-9H2,1H3. The smallest absolute Gasteiger partial charge is 0.269 e. The lowest BCUT2D eigenvalue weighted by Crippen LogP contribution is -2.38. The third-order valence-corrected chi connectivity index (χ3v) is 7.40. The van der Waals surface area contributed by atoms with Gasteiger partial charge in [-0.15, -0.1) is 0 Å². The SMILES string of the molecule is CN1C(=O)C2CCC(CN3C(=O)c4ccccc4S3(=O)=O)CC2C1=O. The second-order valence-corrected chi connectivity index (χ2v) is 8.80. The lowest BCUT2D eigenvalue weighted by molar-refractivity contribution is -0.138. The Morgan fingerprint density at radius 3 is 2.44 bits per heavy atom. The van der Waals surface area contributed by atoms with Crippen LogP contribution in [0.2, 0.25) is 0 Å². The molecule has 8 heteroatoms. The lowest BCUT2D eigenvalue weighted by Gasteiger charge is -2.31. The number of likely N-dealkylation sites (tertiary alicyclic amines) is 1.